The van der Waals surface area contributed by atoms with Crippen molar-refractivity contribution in [3.63, 3.8) is 0 Å². The number of rotatable bonds is 9. The minimum Gasteiger partial charge on any atom is -0.493 e. The highest BCUT2D eigenvalue weighted by Gasteiger charge is 2.14. The molecule has 2 aromatic rings. The van der Waals surface area contributed by atoms with Gasteiger partial charge in [0.25, 0.3) is 5.91 Å². The lowest BCUT2D eigenvalue weighted by molar-refractivity contribution is -0.124. The van der Waals surface area contributed by atoms with E-state index in [4.69, 9.17) is 4.74 Å². The molecule has 0 radical (unpaired) electrons. The third-order valence-corrected chi connectivity index (χ3v) is 4.57. The second kappa shape index (κ2) is 11.6. The van der Waals surface area contributed by atoms with Crippen LogP contribution in [0.3, 0.4) is 0 Å². The van der Waals surface area contributed by atoms with Gasteiger partial charge in [-0.1, -0.05) is 31.5 Å². The lowest BCUT2D eigenvalue weighted by Gasteiger charge is -2.12. The molecule has 2 aromatic carbocycles. The molecule has 0 saturated carbocycles. The van der Waals surface area contributed by atoms with Crippen LogP contribution in [-0.4, -0.2) is 24.3 Å². The van der Waals surface area contributed by atoms with Crippen LogP contribution in [0, 0.1) is 13.8 Å². The first kappa shape index (κ1) is 22.9. The average Bonchev–Trinajstić information content (AvgIpc) is 2.73. The maximum Gasteiger partial charge on any atom is 0.273 e. The topological polar surface area (TPSA) is 96.5 Å². The predicted octanol–water partition coefficient (Wildman–Crippen LogP) is 3.66. The molecule has 0 bridgehead atoms. The van der Waals surface area contributed by atoms with Crippen molar-refractivity contribution in [2.75, 3.05) is 11.9 Å². The molecule has 7 heteroatoms. The minimum atomic E-state index is -0.477. The standard InChI is InChI=1S/C23H29N3O4/c1-4-5-14-30-20-9-7-6-8-19(20)23(29)26-25-22(28)13-12-21(27)24-18-11-10-16(2)17(3)15-18/h6-11,15H,4-5,12-14H2,1-3H3,(H,24,27)(H,25,28)(H,26,29). The molecule has 0 unspecified atom stereocenters. The van der Waals surface area contributed by atoms with Gasteiger partial charge in [0.2, 0.25) is 11.8 Å². The van der Waals surface area contributed by atoms with Crippen LogP contribution < -0.4 is 20.9 Å². The van der Waals surface area contributed by atoms with Gasteiger partial charge < -0.3 is 10.1 Å². The van der Waals surface area contributed by atoms with E-state index in [0.29, 0.717) is 23.6 Å². The zero-order valence-corrected chi connectivity index (χ0v) is 17.7. The third kappa shape index (κ3) is 7.24. The van der Waals surface area contributed by atoms with E-state index in [1.54, 1.807) is 24.3 Å². The summed E-state index contributed by atoms with van der Waals surface area (Å²) >= 11 is 0. The number of carbonyl (C=O) groups excluding carboxylic acids is 3. The molecule has 0 spiro atoms. The van der Waals surface area contributed by atoms with Crippen molar-refractivity contribution in [1.82, 2.24) is 10.9 Å². The van der Waals surface area contributed by atoms with Crippen LogP contribution >= 0.6 is 0 Å². The summed E-state index contributed by atoms with van der Waals surface area (Å²) in [5.41, 5.74) is 7.94. The fraction of sp³-hybridized carbons (Fsp3) is 0.348. The van der Waals surface area contributed by atoms with Gasteiger partial charge in [-0.25, -0.2) is 0 Å². The molecule has 7 nitrogen and oxygen atoms in total. The molecule has 3 N–H and O–H groups in total. The van der Waals surface area contributed by atoms with Crippen LogP contribution in [-0.2, 0) is 9.59 Å². The number of hydrogen-bond donors (Lipinski definition) is 3. The Kier molecular flexibility index (Phi) is 8.87. The SMILES string of the molecule is CCCCOc1ccccc1C(=O)NNC(=O)CCC(=O)Nc1ccc(C)c(C)c1. The number of carbonyl (C=O) groups is 3. The largest absolute Gasteiger partial charge is 0.493 e. The van der Waals surface area contributed by atoms with Crippen molar-refractivity contribution in [2.24, 2.45) is 0 Å². The van der Waals surface area contributed by atoms with Crippen molar-refractivity contribution < 1.29 is 19.1 Å². The van der Waals surface area contributed by atoms with Crippen molar-refractivity contribution >= 4 is 23.4 Å². The van der Waals surface area contributed by atoms with Gasteiger partial charge >= 0.3 is 0 Å². The van der Waals surface area contributed by atoms with E-state index in [1.807, 2.05) is 32.0 Å². The first-order valence-corrected chi connectivity index (χ1v) is 10.1. The van der Waals surface area contributed by atoms with Crippen molar-refractivity contribution in [3.05, 3.63) is 59.2 Å². The molecular weight excluding hydrogens is 382 g/mol. The summed E-state index contributed by atoms with van der Waals surface area (Å²) < 4.78 is 5.63. The third-order valence-electron chi connectivity index (χ3n) is 4.57. The molecule has 3 amide bonds. The van der Waals surface area contributed by atoms with Gasteiger partial charge in [-0.05, 0) is 55.7 Å². The number of benzene rings is 2. The van der Waals surface area contributed by atoms with E-state index in [2.05, 4.69) is 23.1 Å². The number of amides is 3. The highest BCUT2D eigenvalue weighted by molar-refractivity contribution is 5.98. The summed E-state index contributed by atoms with van der Waals surface area (Å²) in [6, 6.07) is 12.5. The van der Waals surface area contributed by atoms with Crippen molar-refractivity contribution in [3.8, 4) is 5.75 Å². The number of nitrogens with one attached hydrogen (secondary N) is 3. The van der Waals surface area contributed by atoms with Crippen LogP contribution in [0.25, 0.3) is 0 Å². The Morgan fingerprint density at radius 3 is 2.37 bits per heavy atom. The molecule has 0 aromatic heterocycles. The first-order chi connectivity index (χ1) is 14.4. The summed E-state index contributed by atoms with van der Waals surface area (Å²) in [4.78, 5) is 36.4. The van der Waals surface area contributed by atoms with E-state index >= 15 is 0 Å². The lowest BCUT2D eigenvalue weighted by atomic mass is 10.1. The normalized spacial score (nSPS) is 10.2. The molecule has 0 saturated heterocycles. The van der Waals surface area contributed by atoms with Crippen LogP contribution in [0.4, 0.5) is 5.69 Å². The Hall–Kier alpha value is -3.35. The molecule has 160 valence electrons. The number of para-hydroxylation sites is 1. The minimum absolute atomic E-state index is 0.00530. The second-order valence-electron chi connectivity index (χ2n) is 7.05. The lowest BCUT2D eigenvalue weighted by Crippen LogP contribution is -2.42. The van der Waals surface area contributed by atoms with E-state index in [0.717, 1.165) is 24.0 Å². The van der Waals surface area contributed by atoms with E-state index in [1.165, 1.54) is 0 Å². The van der Waals surface area contributed by atoms with Gasteiger partial charge in [0.15, 0.2) is 0 Å². The average molecular weight is 412 g/mol. The van der Waals surface area contributed by atoms with Gasteiger partial charge in [-0.3, -0.25) is 25.2 Å². The van der Waals surface area contributed by atoms with Crippen molar-refractivity contribution in [2.45, 2.75) is 46.5 Å². The van der Waals surface area contributed by atoms with Crippen molar-refractivity contribution in [1.29, 1.82) is 0 Å². The zero-order valence-electron chi connectivity index (χ0n) is 17.7. The summed E-state index contributed by atoms with van der Waals surface area (Å²) in [5.74, 6) is -0.738. The number of aryl methyl sites for hydroxylation is 2. The Morgan fingerprint density at radius 1 is 0.900 bits per heavy atom. The smallest absolute Gasteiger partial charge is 0.273 e. The molecular formula is C23H29N3O4. The fourth-order valence-electron chi connectivity index (χ4n) is 2.63. The Morgan fingerprint density at radius 2 is 1.63 bits per heavy atom. The van der Waals surface area contributed by atoms with E-state index < -0.39 is 11.8 Å². The van der Waals surface area contributed by atoms with E-state index in [9.17, 15) is 14.4 Å². The van der Waals surface area contributed by atoms with Gasteiger partial charge in [-0.15, -0.1) is 0 Å². The quantitative estimate of drug-likeness (QED) is 0.433. The summed E-state index contributed by atoms with van der Waals surface area (Å²) in [6.45, 7) is 6.53. The zero-order chi connectivity index (χ0) is 21.9. The molecule has 2 rings (SSSR count). The molecule has 0 aliphatic heterocycles. The Balaban J connectivity index is 1.78. The second-order valence-corrected chi connectivity index (χ2v) is 7.05. The van der Waals surface area contributed by atoms with Gasteiger partial charge in [-0.2, -0.15) is 0 Å². The van der Waals surface area contributed by atoms with E-state index in [-0.39, 0.29) is 18.7 Å². The van der Waals surface area contributed by atoms with Crippen LogP contribution in [0.5, 0.6) is 5.75 Å². The van der Waals surface area contributed by atoms with Crippen LogP contribution in [0.2, 0.25) is 0 Å². The summed E-state index contributed by atoms with van der Waals surface area (Å²) in [6.07, 6.45) is 1.83. The van der Waals surface area contributed by atoms with Gasteiger partial charge in [0, 0.05) is 18.5 Å². The molecule has 30 heavy (non-hydrogen) atoms. The molecule has 0 aliphatic rings. The maximum atomic E-state index is 12.4. The van der Waals surface area contributed by atoms with Crippen LogP contribution in [0.1, 0.15) is 54.1 Å². The van der Waals surface area contributed by atoms with Gasteiger partial charge in [0.05, 0.1) is 12.2 Å². The number of ether oxygens (including phenoxy) is 1. The molecule has 0 aliphatic carbocycles. The highest BCUT2D eigenvalue weighted by Crippen LogP contribution is 2.18. The molecule has 0 atom stereocenters. The molecule has 0 fully saturated rings. The Labute approximate surface area is 177 Å². The van der Waals surface area contributed by atoms with Gasteiger partial charge in [0.1, 0.15) is 5.75 Å². The predicted molar refractivity (Wildman–Crippen MR) is 116 cm³/mol. The monoisotopic (exact) mass is 411 g/mol. The number of hydrazine groups is 1. The maximum absolute atomic E-state index is 12.4. The highest BCUT2D eigenvalue weighted by atomic mass is 16.5. The fourth-order valence-corrected chi connectivity index (χ4v) is 2.63. The number of anilines is 1. The number of hydrogen-bond acceptors (Lipinski definition) is 4. The first-order valence-electron chi connectivity index (χ1n) is 10.1. The number of unbranched alkanes of at least 4 members (excludes halogenated alkanes) is 1. The van der Waals surface area contributed by atoms with Crippen LogP contribution in [0.15, 0.2) is 42.5 Å². The summed E-state index contributed by atoms with van der Waals surface area (Å²) in [7, 11) is 0. The molecule has 0 heterocycles. The Bertz CT molecular complexity index is 896. The summed E-state index contributed by atoms with van der Waals surface area (Å²) in [5, 5.41) is 2.77.